The predicted octanol–water partition coefficient (Wildman–Crippen LogP) is 2.43. The minimum absolute atomic E-state index is 0.0733. The van der Waals surface area contributed by atoms with Gasteiger partial charge in [0.25, 0.3) is 10.0 Å². The lowest BCUT2D eigenvalue weighted by Gasteiger charge is -2.19. The molecule has 0 aromatic heterocycles. The van der Waals surface area contributed by atoms with Crippen LogP contribution in [-0.4, -0.2) is 42.8 Å². The first-order valence-corrected chi connectivity index (χ1v) is 11.8. The van der Waals surface area contributed by atoms with E-state index in [1.54, 1.807) is 18.2 Å². The second-order valence-corrected chi connectivity index (χ2v) is 9.83. The van der Waals surface area contributed by atoms with Gasteiger partial charge in [-0.1, -0.05) is 0 Å². The molecule has 0 atom stereocenters. The average molecular weight is 427 g/mol. The molecule has 0 aliphatic carbocycles. The second kappa shape index (κ2) is 7.88. The highest BCUT2D eigenvalue weighted by molar-refractivity contribution is 7.93. The molecule has 8 nitrogen and oxygen atoms in total. The lowest BCUT2D eigenvalue weighted by molar-refractivity contribution is 0.340. The van der Waals surface area contributed by atoms with Crippen LogP contribution in [0.15, 0.2) is 47.4 Å². The molecule has 0 unspecified atom stereocenters. The Bertz CT molecular complexity index is 1050. The molecular formula is C18H22N2O6S2. The number of nitrogens with zero attached hydrogens (tertiary/aromatic N) is 1. The summed E-state index contributed by atoms with van der Waals surface area (Å²) >= 11 is 0. The lowest BCUT2D eigenvalue weighted by Crippen LogP contribution is -2.25. The van der Waals surface area contributed by atoms with Crippen molar-refractivity contribution in [2.45, 2.75) is 18.2 Å². The summed E-state index contributed by atoms with van der Waals surface area (Å²) in [4.78, 5) is 0.0733. The van der Waals surface area contributed by atoms with Crippen LogP contribution in [0.4, 0.5) is 11.4 Å². The van der Waals surface area contributed by atoms with Gasteiger partial charge in [-0.25, -0.2) is 16.8 Å². The fourth-order valence-corrected chi connectivity index (χ4v) is 5.56. The zero-order valence-electron chi connectivity index (χ0n) is 15.6. The van der Waals surface area contributed by atoms with Gasteiger partial charge < -0.3 is 9.47 Å². The number of anilines is 2. The molecule has 1 N–H and O–H groups in total. The number of hydrogen-bond donors (Lipinski definition) is 1. The highest BCUT2D eigenvalue weighted by atomic mass is 32.2. The fourth-order valence-electron chi connectivity index (χ4n) is 2.93. The average Bonchev–Trinajstić information content (AvgIpc) is 3.01. The number of rotatable bonds is 7. The molecule has 0 radical (unpaired) electrons. The fraction of sp³-hybridized carbons (Fsp3) is 0.333. The Morgan fingerprint density at radius 3 is 2.43 bits per heavy atom. The van der Waals surface area contributed by atoms with Crippen LogP contribution in [0, 0.1) is 0 Å². The third-order valence-corrected chi connectivity index (χ3v) is 7.51. The maximum atomic E-state index is 12.7. The molecule has 0 amide bonds. The number of sulfonamides is 2. The van der Waals surface area contributed by atoms with Crippen molar-refractivity contribution in [3.05, 3.63) is 42.5 Å². The maximum Gasteiger partial charge on any atom is 0.262 e. The van der Waals surface area contributed by atoms with E-state index >= 15 is 0 Å². The minimum atomic E-state index is -3.85. The molecule has 1 aliphatic heterocycles. The molecule has 2 aromatic rings. The zero-order valence-corrected chi connectivity index (χ0v) is 17.2. The molecule has 0 bridgehead atoms. The van der Waals surface area contributed by atoms with Gasteiger partial charge in [-0.3, -0.25) is 9.03 Å². The van der Waals surface area contributed by atoms with Gasteiger partial charge in [0.05, 0.1) is 35.7 Å². The summed E-state index contributed by atoms with van der Waals surface area (Å²) in [6.07, 6.45) is 0.552. The van der Waals surface area contributed by atoms with Crippen molar-refractivity contribution in [3.63, 3.8) is 0 Å². The number of benzene rings is 2. The summed E-state index contributed by atoms with van der Waals surface area (Å²) < 4.78 is 63.9. The highest BCUT2D eigenvalue weighted by Crippen LogP contribution is 2.34. The first-order chi connectivity index (χ1) is 13.3. The van der Waals surface area contributed by atoms with Gasteiger partial charge in [0.15, 0.2) is 0 Å². The first-order valence-electron chi connectivity index (χ1n) is 8.71. The SMILES string of the molecule is CCOc1ccc(S(=O)(=O)Nc2ccc(N3CCCS3(=O)=O)cc2OC)cc1. The van der Waals surface area contributed by atoms with Gasteiger partial charge in [-0.2, -0.15) is 0 Å². The summed E-state index contributed by atoms with van der Waals surface area (Å²) in [5.41, 5.74) is 0.662. The van der Waals surface area contributed by atoms with Crippen LogP contribution in [-0.2, 0) is 20.0 Å². The summed E-state index contributed by atoms with van der Waals surface area (Å²) in [5.74, 6) is 0.908. The number of nitrogens with one attached hydrogen (secondary N) is 1. The van der Waals surface area contributed by atoms with E-state index in [9.17, 15) is 16.8 Å². The second-order valence-electron chi connectivity index (χ2n) is 6.14. The molecule has 0 spiro atoms. The van der Waals surface area contributed by atoms with Crippen molar-refractivity contribution in [1.82, 2.24) is 0 Å². The van der Waals surface area contributed by atoms with Crippen molar-refractivity contribution >= 4 is 31.4 Å². The van der Waals surface area contributed by atoms with Crippen LogP contribution in [0.3, 0.4) is 0 Å². The van der Waals surface area contributed by atoms with E-state index in [0.717, 1.165) is 0 Å². The molecule has 1 heterocycles. The Morgan fingerprint density at radius 2 is 1.86 bits per heavy atom. The summed E-state index contributed by atoms with van der Waals surface area (Å²) in [5, 5.41) is 0. The Balaban J connectivity index is 1.87. The van der Waals surface area contributed by atoms with Gasteiger partial charge >= 0.3 is 0 Å². The van der Waals surface area contributed by atoms with Crippen LogP contribution in [0.25, 0.3) is 0 Å². The molecule has 1 fully saturated rings. The monoisotopic (exact) mass is 426 g/mol. The third kappa shape index (κ3) is 4.17. The van der Waals surface area contributed by atoms with E-state index in [0.29, 0.717) is 31.0 Å². The van der Waals surface area contributed by atoms with Crippen molar-refractivity contribution in [3.8, 4) is 11.5 Å². The summed E-state index contributed by atoms with van der Waals surface area (Å²) in [6.45, 7) is 2.72. The Hall–Kier alpha value is -2.46. The third-order valence-electron chi connectivity index (χ3n) is 4.26. The molecule has 3 rings (SSSR count). The van der Waals surface area contributed by atoms with Gasteiger partial charge in [0, 0.05) is 12.6 Å². The standard InChI is InChI=1S/C18H22N2O6S2/c1-3-26-15-6-8-16(9-7-15)28(23,24)19-17-10-5-14(13-18(17)25-2)20-11-4-12-27(20,21)22/h5-10,13,19H,3-4,11-12H2,1-2H3. The van der Waals surface area contributed by atoms with Gasteiger partial charge in [-0.15, -0.1) is 0 Å². The Labute approximate surface area is 165 Å². The summed E-state index contributed by atoms with van der Waals surface area (Å²) in [6, 6.07) is 10.6. The van der Waals surface area contributed by atoms with Crippen molar-refractivity contribution in [1.29, 1.82) is 0 Å². The molecular weight excluding hydrogens is 404 g/mol. The van der Waals surface area contributed by atoms with Crippen molar-refractivity contribution < 1.29 is 26.3 Å². The molecule has 28 heavy (non-hydrogen) atoms. The quantitative estimate of drug-likeness (QED) is 0.730. The van der Waals surface area contributed by atoms with E-state index < -0.39 is 20.0 Å². The molecule has 1 saturated heterocycles. The highest BCUT2D eigenvalue weighted by Gasteiger charge is 2.29. The first kappa shape index (κ1) is 20.3. The normalized spacial score (nSPS) is 16.0. The largest absolute Gasteiger partial charge is 0.494 e. The van der Waals surface area contributed by atoms with Crippen LogP contribution >= 0.6 is 0 Å². The van der Waals surface area contributed by atoms with E-state index in [1.807, 2.05) is 6.92 Å². The van der Waals surface area contributed by atoms with Crippen LogP contribution in [0.2, 0.25) is 0 Å². The van der Waals surface area contributed by atoms with Crippen molar-refractivity contribution in [2.75, 3.05) is 35.0 Å². The van der Waals surface area contributed by atoms with Gasteiger partial charge in [-0.05, 0) is 49.7 Å². The van der Waals surface area contributed by atoms with E-state index in [2.05, 4.69) is 4.72 Å². The smallest absolute Gasteiger partial charge is 0.262 e. The number of ether oxygens (including phenoxy) is 2. The van der Waals surface area contributed by atoms with Crippen LogP contribution in [0.1, 0.15) is 13.3 Å². The molecule has 1 aliphatic rings. The lowest BCUT2D eigenvalue weighted by atomic mass is 10.2. The molecule has 10 heteroatoms. The molecule has 152 valence electrons. The van der Waals surface area contributed by atoms with Crippen LogP contribution < -0.4 is 18.5 Å². The van der Waals surface area contributed by atoms with Crippen LogP contribution in [0.5, 0.6) is 11.5 Å². The number of methoxy groups -OCH3 is 1. The zero-order chi connectivity index (χ0) is 20.4. The minimum Gasteiger partial charge on any atom is -0.494 e. The maximum absolute atomic E-state index is 12.7. The molecule has 2 aromatic carbocycles. The van der Waals surface area contributed by atoms with Gasteiger partial charge in [0.2, 0.25) is 10.0 Å². The topological polar surface area (TPSA) is 102 Å². The Kier molecular flexibility index (Phi) is 5.71. The Morgan fingerprint density at radius 1 is 1.14 bits per heavy atom. The number of hydrogen-bond acceptors (Lipinski definition) is 6. The van der Waals surface area contributed by atoms with E-state index in [-0.39, 0.29) is 22.1 Å². The molecule has 0 saturated carbocycles. The summed E-state index contributed by atoms with van der Waals surface area (Å²) in [7, 11) is -5.79. The van der Waals surface area contributed by atoms with E-state index in [4.69, 9.17) is 9.47 Å². The van der Waals surface area contributed by atoms with Gasteiger partial charge in [0.1, 0.15) is 11.5 Å². The van der Waals surface area contributed by atoms with E-state index in [1.165, 1.54) is 35.7 Å². The van der Waals surface area contributed by atoms with Crippen molar-refractivity contribution in [2.24, 2.45) is 0 Å². The predicted molar refractivity (Wildman–Crippen MR) is 107 cm³/mol.